The van der Waals surface area contributed by atoms with E-state index in [1.807, 2.05) is 6.92 Å². The van der Waals surface area contributed by atoms with Crippen molar-refractivity contribution in [1.82, 2.24) is 10.6 Å². The van der Waals surface area contributed by atoms with E-state index in [0.29, 0.717) is 6.61 Å². The van der Waals surface area contributed by atoms with Crippen LogP contribution in [0.2, 0.25) is 0 Å². The van der Waals surface area contributed by atoms with Crippen LogP contribution in [0.4, 0.5) is 4.79 Å². The van der Waals surface area contributed by atoms with E-state index in [1.165, 1.54) is 0 Å². The van der Waals surface area contributed by atoms with Crippen LogP contribution in [0.1, 0.15) is 6.92 Å². The number of carboxylic acids is 1. The summed E-state index contributed by atoms with van der Waals surface area (Å²) in [6.07, 6.45) is 0. The van der Waals surface area contributed by atoms with E-state index in [1.54, 1.807) is 7.11 Å². The molecule has 0 rings (SSSR count). The molecule has 7 nitrogen and oxygen atoms in total. The lowest BCUT2D eigenvalue weighted by molar-refractivity contribution is -0.142. The smallest absolute Gasteiger partial charge is 0.329 e. The quantitative estimate of drug-likeness (QED) is 0.488. The summed E-state index contributed by atoms with van der Waals surface area (Å²) >= 11 is 0. The van der Waals surface area contributed by atoms with Gasteiger partial charge in [-0.05, 0) is 6.92 Å². The van der Waals surface area contributed by atoms with Crippen LogP contribution in [0.25, 0.3) is 0 Å². The van der Waals surface area contributed by atoms with Crippen LogP contribution in [0.15, 0.2) is 0 Å². The first-order valence-corrected chi connectivity index (χ1v) is 4.89. The summed E-state index contributed by atoms with van der Waals surface area (Å²) in [6.45, 7) is 2.31. The Hall–Kier alpha value is -1.34. The Labute approximate surface area is 94.1 Å². The van der Waals surface area contributed by atoms with Gasteiger partial charge in [-0.2, -0.15) is 0 Å². The summed E-state index contributed by atoms with van der Waals surface area (Å²) in [4.78, 5) is 21.3. The first-order valence-electron chi connectivity index (χ1n) is 4.89. The van der Waals surface area contributed by atoms with Gasteiger partial charge in [-0.1, -0.05) is 0 Å². The van der Waals surface area contributed by atoms with Crippen LogP contribution in [-0.4, -0.2) is 56.6 Å². The molecule has 3 N–H and O–H groups in total. The number of hydrogen-bond acceptors (Lipinski definition) is 4. The van der Waals surface area contributed by atoms with Gasteiger partial charge in [0.1, 0.15) is 6.61 Å². The van der Waals surface area contributed by atoms with Crippen LogP contribution in [0.3, 0.4) is 0 Å². The van der Waals surface area contributed by atoms with Gasteiger partial charge in [-0.15, -0.1) is 0 Å². The summed E-state index contributed by atoms with van der Waals surface area (Å²) in [5.74, 6) is -1.03. The van der Waals surface area contributed by atoms with Crippen molar-refractivity contribution in [2.45, 2.75) is 13.0 Å². The third kappa shape index (κ3) is 9.22. The number of carbonyl (C=O) groups excluding carboxylic acids is 1. The Bertz CT molecular complexity index is 222. The lowest BCUT2D eigenvalue weighted by atomic mass is 10.4. The molecule has 0 fully saturated rings. The maximum absolute atomic E-state index is 11.2. The van der Waals surface area contributed by atoms with Gasteiger partial charge in [0.05, 0.1) is 19.3 Å². The number of ether oxygens (including phenoxy) is 2. The zero-order valence-electron chi connectivity index (χ0n) is 9.49. The summed E-state index contributed by atoms with van der Waals surface area (Å²) in [6, 6.07) is -0.409. The number of hydrogen-bond donors (Lipinski definition) is 3. The zero-order chi connectivity index (χ0) is 12.4. The summed E-state index contributed by atoms with van der Waals surface area (Å²) in [5, 5.41) is 13.4. The number of rotatable bonds is 8. The van der Waals surface area contributed by atoms with Crippen molar-refractivity contribution in [2.75, 3.05) is 33.5 Å². The molecule has 1 unspecified atom stereocenters. The molecular weight excluding hydrogens is 216 g/mol. The Balaban J connectivity index is 3.40. The Kier molecular flexibility index (Phi) is 8.18. The van der Waals surface area contributed by atoms with E-state index in [4.69, 9.17) is 14.6 Å². The fraction of sp³-hybridized carbons (Fsp3) is 0.778. The minimum Gasteiger partial charge on any atom is -0.480 e. The molecule has 0 bridgehead atoms. The van der Waals surface area contributed by atoms with Gasteiger partial charge >= 0.3 is 12.0 Å². The molecule has 94 valence electrons. The normalized spacial score (nSPS) is 11.9. The third-order valence-electron chi connectivity index (χ3n) is 1.55. The maximum Gasteiger partial charge on any atom is 0.329 e. The highest BCUT2D eigenvalue weighted by molar-refractivity contribution is 5.74. The highest BCUT2D eigenvalue weighted by atomic mass is 16.5. The van der Waals surface area contributed by atoms with Crippen LogP contribution in [-0.2, 0) is 14.3 Å². The molecule has 0 aromatic rings. The molecule has 0 aliphatic carbocycles. The van der Waals surface area contributed by atoms with E-state index in [-0.39, 0.29) is 31.8 Å². The molecule has 0 aromatic carbocycles. The number of nitrogens with one attached hydrogen (secondary N) is 2. The standard InChI is InChI=1S/C9H18N2O5/c1-7(5-15-2)11-9(14)10-3-4-16-6-8(12)13/h7H,3-6H2,1-2H3,(H,12,13)(H2,10,11,14). The predicted octanol–water partition coefficient (Wildman–Crippen LogP) is -0.578. The van der Waals surface area contributed by atoms with E-state index in [2.05, 4.69) is 10.6 Å². The Morgan fingerprint density at radius 2 is 2.12 bits per heavy atom. The lowest BCUT2D eigenvalue weighted by Crippen LogP contribution is -2.43. The number of carbonyl (C=O) groups is 2. The largest absolute Gasteiger partial charge is 0.480 e. The van der Waals surface area contributed by atoms with Crippen molar-refractivity contribution < 1.29 is 24.2 Å². The SMILES string of the molecule is COCC(C)NC(=O)NCCOCC(=O)O. The van der Waals surface area contributed by atoms with Gasteiger partial charge in [-0.25, -0.2) is 9.59 Å². The van der Waals surface area contributed by atoms with Gasteiger partial charge in [0.15, 0.2) is 0 Å². The molecule has 2 amide bonds. The topological polar surface area (TPSA) is 96.9 Å². The second-order valence-electron chi connectivity index (χ2n) is 3.20. The van der Waals surface area contributed by atoms with Crippen molar-refractivity contribution in [3.05, 3.63) is 0 Å². The van der Waals surface area contributed by atoms with Crippen molar-refractivity contribution in [1.29, 1.82) is 0 Å². The molecule has 16 heavy (non-hydrogen) atoms. The fourth-order valence-corrected chi connectivity index (χ4v) is 0.963. The van der Waals surface area contributed by atoms with E-state index >= 15 is 0 Å². The molecule has 0 aromatic heterocycles. The number of carboxylic acid groups (broad SMARTS) is 1. The minimum atomic E-state index is -1.03. The molecule has 0 saturated heterocycles. The monoisotopic (exact) mass is 234 g/mol. The second-order valence-corrected chi connectivity index (χ2v) is 3.20. The van der Waals surface area contributed by atoms with Crippen LogP contribution >= 0.6 is 0 Å². The molecule has 7 heteroatoms. The van der Waals surface area contributed by atoms with Crippen LogP contribution in [0, 0.1) is 0 Å². The summed E-state index contributed by atoms with van der Waals surface area (Å²) in [5.41, 5.74) is 0. The minimum absolute atomic E-state index is 0.0788. The average molecular weight is 234 g/mol. The van der Waals surface area contributed by atoms with E-state index < -0.39 is 5.97 Å². The first kappa shape index (κ1) is 14.7. The molecule has 1 atom stereocenters. The van der Waals surface area contributed by atoms with E-state index in [9.17, 15) is 9.59 Å². The van der Waals surface area contributed by atoms with Crippen molar-refractivity contribution >= 4 is 12.0 Å². The van der Waals surface area contributed by atoms with Gasteiger partial charge in [0, 0.05) is 13.7 Å². The number of urea groups is 1. The lowest BCUT2D eigenvalue weighted by Gasteiger charge is -2.13. The zero-order valence-corrected chi connectivity index (χ0v) is 9.49. The Morgan fingerprint density at radius 3 is 2.69 bits per heavy atom. The third-order valence-corrected chi connectivity index (χ3v) is 1.55. The Morgan fingerprint density at radius 1 is 1.44 bits per heavy atom. The van der Waals surface area contributed by atoms with E-state index in [0.717, 1.165) is 0 Å². The van der Waals surface area contributed by atoms with Crippen LogP contribution < -0.4 is 10.6 Å². The predicted molar refractivity (Wildman–Crippen MR) is 56.3 cm³/mol. The number of methoxy groups -OCH3 is 1. The molecule has 0 radical (unpaired) electrons. The van der Waals surface area contributed by atoms with Crippen molar-refractivity contribution in [3.63, 3.8) is 0 Å². The number of aliphatic carboxylic acids is 1. The summed E-state index contributed by atoms with van der Waals surface area (Å²) < 4.78 is 9.57. The molecular formula is C9H18N2O5. The molecule has 0 heterocycles. The summed E-state index contributed by atoms with van der Waals surface area (Å²) in [7, 11) is 1.55. The van der Waals surface area contributed by atoms with Gasteiger partial charge in [0.2, 0.25) is 0 Å². The first-order chi connectivity index (χ1) is 7.56. The van der Waals surface area contributed by atoms with Gasteiger partial charge in [0.25, 0.3) is 0 Å². The fourth-order valence-electron chi connectivity index (χ4n) is 0.963. The second kappa shape index (κ2) is 8.93. The van der Waals surface area contributed by atoms with Gasteiger partial charge in [-0.3, -0.25) is 0 Å². The molecule has 0 spiro atoms. The molecule has 0 saturated carbocycles. The van der Waals surface area contributed by atoms with Crippen molar-refractivity contribution in [2.24, 2.45) is 0 Å². The number of amides is 2. The molecule has 0 aliphatic heterocycles. The highest BCUT2D eigenvalue weighted by Gasteiger charge is 2.05. The maximum atomic E-state index is 11.2. The molecule has 0 aliphatic rings. The average Bonchev–Trinajstić information content (AvgIpc) is 2.16. The highest BCUT2D eigenvalue weighted by Crippen LogP contribution is 1.81. The van der Waals surface area contributed by atoms with Gasteiger partial charge < -0.3 is 25.2 Å². The van der Waals surface area contributed by atoms with Crippen LogP contribution in [0.5, 0.6) is 0 Å². The van der Waals surface area contributed by atoms with Crippen molar-refractivity contribution in [3.8, 4) is 0 Å².